The van der Waals surface area contributed by atoms with Gasteiger partial charge in [-0.3, -0.25) is 0 Å². The second kappa shape index (κ2) is 4.15. The summed E-state index contributed by atoms with van der Waals surface area (Å²) in [6, 6.07) is 8.45. The van der Waals surface area contributed by atoms with E-state index in [1.165, 1.54) is 0 Å². The number of benzene rings is 1. The van der Waals surface area contributed by atoms with Crippen LogP contribution in [0, 0.1) is 6.07 Å². The van der Waals surface area contributed by atoms with Gasteiger partial charge < -0.3 is 0 Å². The molecule has 0 atom stereocenters. The third kappa shape index (κ3) is 3.28. The minimum atomic E-state index is 0.247. The highest BCUT2D eigenvalue weighted by Gasteiger charge is 1.90. The summed E-state index contributed by atoms with van der Waals surface area (Å²) in [5.41, 5.74) is 0.930. The van der Waals surface area contributed by atoms with Gasteiger partial charge >= 0.3 is 0 Å². The Balaban J connectivity index is 2.97. The van der Waals surface area contributed by atoms with Gasteiger partial charge in [-0.25, -0.2) is 0 Å². The first-order valence-corrected chi connectivity index (χ1v) is 4.43. The molecule has 0 bridgehead atoms. The van der Waals surface area contributed by atoms with E-state index in [0.717, 1.165) is 10.0 Å². The van der Waals surface area contributed by atoms with E-state index in [1.54, 1.807) is 12.1 Å². The van der Waals surface area contributed by atoms with Crippen molar-refractivity contribution >= 4 is 45.2 Å². The van der Waals surface area contributed by atoms with Crippen LogP contribution in [0.3, 0.4) is 0 Å². The third-order valence-corrected chi connectivity index (χ3v) is 1.73. The van der Waals surface area contributed by atoms with Gasteiger partial charge in [-0.15, -0.1) is 0 Å². The lowest BCUT2D eigenvalue weighted by atomic mass is 10.2. The van der Waals surface area contributed by atoms with Crippen LogP contribution in [0.4, 0.5) is 0 Å². The second-order valence-corrected chi connectivity index (χ2v) is 3.84. The summed E-state index contributed by atoms with van der Waals surface area (Å²) in [5, 5.41) is 0. The highest BCUT2D eigenvalue weighted by molar-refractivity contribution is 9.10. The largest absolute Gasteiger partial charge is 0.107 e. The Bertz CT molecular complexity index is 277. The molecule has 0 aliphatic heterocycles. The van der Waals surface area contributed by atoms with E-state index in [0.29, 0.717) is 0 Å². The minimum Gasteiger partial charge on any atom is -0.0709 e. The molecule has 0 spiro atoms. The molecule has 0 amide bonds. The molecular weight excluding hydrogens is 247 g/mol. The molecule has 0 nitrogen and oxygen atoms in total. The zero-order valence-electron chi connectivity index (χ0n) is 5.44. The molecule has 0 heterocycles. The van der Waals surface area contributed by atoms with E-state index in [2.05, 4.69) is 22.0 Å². The monoisotopic (exact) mass is 249 g/mol. The summed E-state index contributed by atoms with van der Waals surface area (Å²) < 4.78 is 1.21. The van der Waals surface area contributed by atoms with Gasteiger partial charge in [-0.1, -0.05) is 39.1 Å². The van der Waals surface area contributed by atoms with Gasteiger partial charge in [0.15, 0.2) is 0 Å². The lowest BCUT2D eigenvalue weighted by molar-refractivity contribution is 1.60. The standard InChI is InChI=1S/C8H4BrCl2/c9-7-3-1-2-6(4-7)5-8(10)11/h2-5H. The van der Waals surface area contributed by atoms with Crippen molar-refractivity contribution in [2.24, 2.45) is 0 Å². The first-order valence-electron chi connectivity index (χ1n) is 2.88. The van der Waals surface area contributed by atoms with Crippen LogP contribution in [0.25, 0.3) is 6.08 Å². The first-order chi connectivity index (χ1) is 5.18. The summed E-state index contributed by atoms with van der Waals surface area (Å²) in [4.78, 5) is 0. The number of halogens is 3. The van der Waals surface area contributed by atoms with Crippen molar-refractivity contribution in [3.05, 3.63) is 38.8 Å². The Morgan fingerprint density at radius 1 is 1.45 bits per heavy atom. The van der Waals surface area contributed by atoms with E-state index in [4.69, 9.17) is 23.2 Å². The van der Waals surface area contributed by atoms with Gasteiger partial charge in [-0.05, 0) is 35.9 Å². The van der Waals surface area contributed by atoms with Crippen LogP contribution < -0.4 is 0 Å². The van der Waals surface area contributed by atoms with Crippen LogP contribution in [-0.2, 0) is 0 Å². The molecule has 1 aromatic carbocycles. The molecule has 1 rings (SSSR count). The van der Waals surface area contributed by atoms with Crippen LogP contribution in [0.15, 0.2) is 27.2 Å². The van der Waals surface area contributed by atoms with Crippen LogP contribution >= 0.6 is 39.1 Å². The second-order valence-electron chi connectivity index (χ2n) is 1.92. The maximum atomic E-state index is 5.46. The molecule has 57 valence electrons. The van der Waals surface area contributed by atoms with Gasteiger partial charge in [0, 0.05) is 4.47 Å². The van der Waals surface area contributed by atoms with Crippen molar-refractivity contribution in [1.29, 1.82) is 0 Å². The van der Waals surface area contributed by atoms with Crippen LogP contribution in [0.5, 0.6) is 0 Å². The molecule has 1 aromatic rings. The molecular formula is C8H4BrCl2. The highest BCUT2D eigenvalue weighted by atomic mass is 79.9. The lowest BCUT2D eigenvalue weighted by Gasteiger charge is -1.92. The zero-order valence-corrected chi connectivity index (χ0v) is 8.54. The Kier molecular flexibility index (Phi) is 3.44. The molecule has 0 N–H and O–H groups in total. The average molecular weight is 251 g/mol. The van der Waals surface area contributed by atoms with Crippen LogP contribution in [-0.4, -0.2) is 0 Å². The fourth-order valence-corrected chi connectivity index (χ4v) is 1.32. The molecule has 1 radical (unpaired) electrons. The van der Waals surface area contributed by atoms with Crippen molar-refractivity contribution in [2.75, 3.05) is 0 Å². The Labute approximate surface area is 83.9 Å². The van der Waals surface area contributed by atoms with Crippen molar-refractivity contribution in [3.63, 3.8) is 0 Å². The van der Waals surface area contributed by atoms with E-state index in [-0.39, 0.29) is 4.49 Å². The fourth-order valence-electron chi connectivity index (χ4n) is 0.669. The smallest absolute Gasteiger partial charge is 0.0709 e. The van der Waals surface area contributed by atoms with Crippen molar-refractivity contribution in [2.45, 2.75) is 0 Å². The summed E-state index contributed by atoms with van der Waals surface area (Å²) >= 11 is 14.2. The molecule has 0 fully saturated rings. The SMILES string of the molecule is ClC(Cl)=Cc1c[c]cc(Br)c1. The van der Waals surface area contributed by atoms with Gasteiger partial charge in [0.25, 0.3) is 0 Å². The van der Waals surface area contributed by atoms with E-state index in [9.17, 15) is 0 Å². The molecule has 0 aliphatic rings. The Morgan fingerprint density at radius 3 is 2.73 bits per heavy atom. The number of hydrogen-bond acceptors (Lipinski definition) is 0. The fraction of sp³-hybridized carbons (Fsp3) is 0. The predicted molar refractivity (Wildman–Crippen MR) is 52.7 cm³/mol. The van der Waals surface area contributed by atoms with Crippen molar-refractivity contribution in [1.82, 2.24) is 0 Å². The summed E-state index contributed by atoms with van der Waals surface area (Å²) in [7, 11) is 0. The quantitative estimate of drug-likeness (QED) is 0.706. The Hall–Kier alpha value is 0.0200. The summed E-state index contributed by atoms with van der Waals surface area (Å²) in [6.07, 6.45) is 1.66. The lowest BCUT2D eigenvalue weighted by Crippen LogP contribution is -1.71. The summed E-state index contributed by atoms with van der Waals surface area (Å²) in [6.45, 7) is 0. The molecule has 3 heteroatoms. The summed E-state index contributed by atoms with van der Waals surface area (Å²) in [5.74, 6) is 0. The van der Waals surface area contributed by atoms with E-state index in [1.807, 2.05) is 12.1 Å². The highest BCUT2D eigenvalue weighted by Crippen LogP contribution is 2.16. The zero-order chi connectivity index (χ0) is 8.27. The maximum absolute atomic E-state index is 5.46. The molecule has 0 saturated carbocycles. The maximum Gasteiger partial charge on any atom is 0.107 e. The van der Waals surface area contributed by atoms with Crippen molar-refractivity contribution < 1.29 is 0 Å². The van der Waals surface area contributed by atoms with Gasteiger partial charge in [-0.2, -0.15) is 0 Å². The average Bonchev–Trinajstić information content (AvgIpc) is 1.85. The molecule has 0 aliphatic carbocycles. The molecule has 0 aromatic heterocycles. The predicted octanol–water partition coefficient (Wildman–Crippen LogP) is 4.03. The van der Waals surface area contributed by atoms with Crippen LogP contribution in [0.2, 0.25) is 0 Å². The van der Waals surface area contributed by atoms with E-state index < -0.39 is 0 Å². The normalized spacial score (nSPS) is 9.36. The van der Waals surface area contributed by atoms with Crippen LogP contribution in [0.1, 0.15) is 5.56 Å². The molecule has 0 saturated heterocycles. The first kappa shape index (κ1) is 9.11. The topological polar surface area (TPSA) is 0 Å². The Morgan fingerprint density at radius 2 is 2.18 bits per heavy atom. The molecule has 11 heavy (non-hydrogen) atoms. The number of rotatable bonds is 1. The van der Waals surface area contributed by atoms with Crippen molar-refractivity contribution in [3.8, 4) is 0 Å². The minimum absolute atomic E-state index is 0.247. The number of hydrogen-bond donors (Lipinski definition) is 0. The van der Waals surface area contributed by atoms with Gasteiger partial charge in [0.1, 0.15) is 4.49 Å². The third-order valence-electron chi connectivity index (χ3n) is 1.05. The van der Waals surface area contributed by atoms with Gasteiger partial charge in [0.2, 0.25) is 0 Å². The van der Waals surface area contributed by atoms with E-state index >= 15 is 0 Å². The molecule has 0 unspecified atom stereocenters. The van der Waals surface area contributed by atoms with Gasteiger partial charge in [0.05, 0.1) is 0 Å².